The molecule has 0 radical (unpaired) electrons. The first-order valence-electron chi connectivity index (χ1n) is 5.49. The van der Waals surface area contributed by atoms with Gasteiger partial charge >= 0.3 is 5.97 Å². The van der Waals surface area contributed by atoms with Crippen molar-refractivity contribution >= 4 is 5.97 Å². The lowest BCUT2D eigenvalue weighted by molar-refractivity contribution is -0.130. The Kier molecular flexibility index (Phi) is 4.29. The van der Waals surface area contributed by atoms with Crippen LogP contribution in [0.4, 0.5) is 0 Å². The van der Waals surface area contributed by atoms with Crippen molar-refractivity contribution in [1.82, 2.24) is 0 Å². The van der Waals surface area contributed by atoms with Gasteiger partial charge in [0.05, 0.1) is 0 Å². The number of rotatable bonds is 3. The Morgan fingerprint density at radius 3 is 2.62 bits per heavy atom. The minimum atomic E-state index is -0.289. The lowest BCUT2D eigenvalue weighted by Gasteiger charge is -2.08. The van der Waals surface area contributed by atoms with Crippen molar-refractivity contribution in [3.63, 3.8) is 0 Å². The maximum atomic E-state index is 11.5. The van der Waals surface area contributed by atoms with Gasteiger partial charge in [-0.1, -0.05) is 32.1 Å². The molecule has 0 bridgehead atoms. The number of ether oxygens (including phenoxy) is 1. The number of carbonyl (C=O) groups is 1. The number of esters is 1. The van der Waals surface area contributed by atoms with Crippen LogP contribution in [0.15, 0.2) is 35.9 Å². The highest BCUT2D eigenvalue weighted by atomic mass is 16.5. The van der Waals surface area contributed by atoms with Gasteiger partial charge in [-0.05, 0) is 37.5 Å². The zero-order valence-corrected chi connectivity index (χ0v) is 10.3. The molecule has 1 rings (SSSR count). The fourth-order valence-electron chi connectivity index (χ4n) is 1.24. The van der Waals surface area contributed by atoms with Gasteiger partial charge in [-0.3, -0.25) is 0 Å². The fourth-order valence-corrected chi connectivity index (χ4v) is 1.24. The molecule has 1 aromatic carbocycles. The first kappa shape index (κ1) is 12.5. The minimum absolute atomic E-state index is 0.289. The second kappa shape index (κ2) is 5.50. The van der Waals surface area contributed by atoms with Crippen LogP contribution in [0.1, 0.15) is 39.2 Å². The molecule has 0 N–H and O–H groups in total. The number of carbonyl (C=O) groups excluding carboxylic acids is 1. The average Bonchev–Trinajstić information content (AvgIpc) is 2.28. The first-order valence-corrected chi connectivity index (χ1v) is 5.49. The molecule has 0 saturated carbocycles. The highest BCUT2D eigenvalue weighted by Crippen LogP contribution is 2.20. The van der Waals surface area contributed by atoms with Gasteiger partial charge in [0.1, 0.15) is 5.75 Å². The van der Waals surface area contributed by atoms with Crippen molar-refractivity contribution in [3.05, 3.63) is 41.5 Å². The van der Waals surface area contributed by atoms with E-state index in [0.717, 1.165) is 0 Å². The molecule has 0 unspecified atom stereocenters. The Hall–Kier alpha value is -1.57. The van der Waals surface area contributed by atoms with Crippen LogP contribution in [0, 0.1) is 0 Å². The SMILES string of the molecule is C/C=C(/C)C(=O)Oc1cccc(C(C)C)c1. The molecule has 0 aliphatic carbocycles. The Labute approximate surface area is 96.9 Å². The maximum Gasteiger partial charge on any atom is 0.338 e. The molecule has 0 amide bonds. The summed E-state index contributed by atoms with van der Waals surface area (Å²) in [6, 6.07) is 7.64. The number of hydrogen-bond donors (Lipinski definition) is 0. The van der Waals surface area contributed by atoms with E-state index in [-0.39, 0.29) is 5.97 Å². The molecule has 2 heteroatoms. The van der Waals surface area contributed by atoms with Crippen LogP contribution >= 0.6 is 0 Å². The zero-order valence-electron chi connectivity index (χ0n) is 10.3. The van der Waals surface area contributed by atoms with Crippen molar-refractivity contribution < 1.29 is 9.53 Å². The van der Waals surface area contributed by atoms with E-state index in [4.69, 9.17) is 4.74 Å². The van der Waals surface area contributed by atoms with E-state index in [1.54, 1.807) is 19.1 Å². The number of hydrogen-bond acceptors (Lipinski definition) is 2. The van der Waals surface area contributed by atoms with Gasteiger partial charge in [0, 0.05) is 5.57 Å². The predicted octanol–water partition coefficient (Wildman–Crippen LogP) is 3.68. The maximum absolute atomic E-state index is 11.5. The summed E-state index contributed by atoms with van der Waals surface area (Å²) in [5.74, 6) is 0.752. The summed E-state index contributed by atoms with van der Waals surface area (Å²) in [4.78, 5) is 11.5. The van der Waals surface area contributed by atoms with Gasteiger partial charge in [-0.25, -0.2) is 4.79 Å². The second-order valence-corrected chi connectivity index (χ2v) is 4.09. The molecule has 16 heavy (non-hydrogen) atoms. The second-order valence-electron chi connectivity index (χ2n) is 4.09. The van der Waals surface area contributed by atoms with E-state index < -0.39 is 0 Å². The average molecular weight is 218 g/mol. The lowest BCUT2D eigenvalue weighted by Crippen LogP contribution is -2.09. The highest BCUT2D eigenvalue weighted by Gasteiger charge is 2.07. The molecule has 0 aromatic heterocycles. The Morgan fingerprint density at radius 1 is 1.38 bits per heavy atom. The molecule has 0 fully saturated rings. The van der Waals surface area contributed by atoms with E-state index >= 15 is 0 Å². The molecule has 2 nitrogen and oxygen atoms in total. The third-order valence-corrected chi connectivity index (χ3v) is 2.49. The Morgan fingerprint density at radius 2 is 2.06 bits per heavy atom. The van der Waals surface area contributed by atoms with Crippen molar-refractivity contribution in [2.45, 2.75) is 33.6 Å². The largest absolute Gasteiger partial charge is 0.423 e. The molecule has 0 aliphatic rings. The normalized spacial score (nSPS) is 11.7. The molecule has 0 heterocycles. The van der Waals surface area contributed by atoms with Crippen LogP contribution in [0.25, 0.3) is 0 Å². The van der Waals surface area contributed by atoms with Crippen molar-refractivity contribution in [3.8, 4) is 5.75 Å². The third-order valence-electron chi connectivity index (χ3n) is 2.49. The Bertz CT molecular complexity index is 403. The molecule has 0 spiro atoms. The summed E-state index contributed by atoms with van der Waals surface area (Å²) in [6.07, 6.45) is 1.74. The standard InChI is InChI=1S/C14H18O2/c1-5-11(4)14(15)16-13-8-6-7-12(9-13)10(2)3/h5-10H,1-4H3/b11-5-. The van der Waals surface area contributed by atoms with Crippen molar-refractivity contribution in [1.29, 1.82) is 0 Å². The summed E-state index contributed by atoms with van der Waals surface area (Å²) < 4.78 is 5.25. The smallest absolute Gasteiger partial charge is 0.338 e. The monoisotopic (exact) mass is 218 g/mol. The molecule has 0 saturated heterocycles. The van der Waals surface area contributed by atoms with E-state index in [1.807, 2.05) is 25.1 Å². The van der Waals surface area contributed by atoms with E-state index in [1.165, 1.54) is 5.56 Å². The predicted molar refractivity (Wildman–Crippen MR) is 65.6 cm³/mol. The summed E-state index contributed by atoms with van der Waals surface area (Å²) in [5.41, 5.74) is 1.79. The summed E-state index contributed by atoms with van der Waals surface area (Å²) in [5, 5.41) is 0. The van der Waals surface area contributed by atoms with Crippen LogP contribution in [-0.2, 0) is 4.79 Å². The number of benzene rings is 1. The summed E-state index contributed by atoms with van der Waals surface area (Å²) in [7, 11) is 0. The van der Waals surface area contributed by atoms with Gasteiger partial charge in [-0.2, -0.15) is 0 Å². The van der Waals surface area contributed by atoms with Crippen LogP contribution in [-0.4, -0.2) is 5.97 Å². The van der Waals surface area contributed by atoms with E-state index in [0.29, 0.717) is 17.2 Å². The quantitative estimate of drug-likeness (QED) is 0.439. The van der Waals surface area contributed by atoms with Crippen LogP contribution in [0.2, 0.25) is 0 Å². The molecular weight excluding hydrogens is 200 g/mol. The summed E-state index contributed by atoms with van der Waals surface area (Å²) >= 11 is 0. The zero-order chi connectivity index (χ0) is 12.1. The molecule has 0 aliphatic heterocycles. The van der Waals surface area contributed by atoms with Crippen molar-refractivity contribution in [2.24, 2.45) is 0 Å². The molecular formula is C14H18O2. The van der Waals surface area contributed by atoms with Gasteiger partial charge < -0.3 is 4.74 Å². The minimum Gasteiger partial charge on any atom is -0.423 e. The fraction of sp³-hybridized carbons (Fsp3) is 0.357. The first-order chi connectivity index (χ1) is 7.54. The van der Waals surface area contributed by atoms with E-state index in [9.17, 15) is 4.79 Å². The summed E-state index contributed by atoms with van der Waals surface area (Å²) in [6.45, 7) is 7.78. The molecule has 86 valence electrons. The van der Waals surface area contributed by atoms with Crippen LogP contribution in [0.3, 0.4) is 0 Å². The van der Waals surface area contributed by atoms with Gasteiger partial charge in [0.15, 0.2) is 0 Å². The number of allylic oxidation sites excluding steroid dienone is 1. The van der Waals surface area contributed by atoms with E-state index in [2.05, 4.69) is 13.8 Å². The third kappa shape index (κ3) is 3.23. The molecule has 0 atom stereocenters. The topological polar surface area (TPSA) is 26.3 Å². The van der Waals surface area contributed by atoms with Gasteiger partial charge in [0.25, 0.3) is 0 Å². The van der Waals surface area contributed by atoms with Gasteiger partial charge in [-0.15, -0.1) is 0 Å². The van der Waals surface area contributed by atoms with Gasteiger partial charge in [0.2, 0.25) is 0 Å². The lowest BCUT2D eigenvalue weighted by atomic mass is 10.0. The molecule has 1 aromatic rings. The van der Waals surface area contributed by atoms with Crippen LogP contribution in [0.5, 0.6) is 5.75 Å². The van der Waals surface area contributed by atoms with Crippen LogP contribution < -0.4 is 4.74 Å². The highest BCUT2D eigenvalue weighted by molar-refractivity contribution is 5.89. The van der Waals surface area contributed by atoms with Crippen molar-refractivity contribution in [2.75, 3.05) is 0 Å². The Balaban J connectivity index is 2.82.